The molecular weight excluding hydrogens is 370 g/mol. The Labute approximate surface area is 166 Å². The van der Waals surface area contributed by atoms with Crippen LogP contribution in [0, 0.1) is 6.92 Å². The third kappa shape index (κ3) is 3.06. The smallest absolute Gasteiger partial charge is 0.162 e. The predicted octanol–water partition coefficient (Wildman–Crippen LogP) is 5.88. The molecule has 28 heavy (non-hydrogen) atoms. The molecular formula is C22H16ClN5. The lowest BCUT2D eigenvalue weighted by Crippen LogP contribution is -1.99. The van der Waals surface area contributed by atoms with E-state index in [0.717, 1.165) is 44.4 Å². The van der Waals surface area contributed by atoms with Gasteiger partial charge in [-0.3, -0.25) is 5.10 Å². The van der Waals surface area contributed by atoms with Gasteiger partial charge in [-0.1, -0.05) is 29.8 Å². The molecule has 0 aliphatic heterocycles. The second-order valence-corrected chi connectivity index (χ2v) is 7.16. The first-order chi connectivity index (χ1) is 13.7. The Hall–Kier alpha value is -3.44. The number of aromatic nitrogens is 4. The molecule has 2 heterocycles. The van der Waals surface area contributed by atoms with Crippen LogP contribution < -0.4 is 5.32 Å². The summed E-state index contributed by atoms with van der Waals surface area (Å²) in [4.78, 5) is 9.57. The van der Waals surface area contributed by atoms with E-state index < -0.39 is 0 Å². The standard InChI is InChI=1S/C22H16ClN5/c1-13-5-7-18-20(9-13)26-21(14-3-2-4-16(23)10-14)27-22(18)25-17-6-8-19-15(11-17)12-24-28-19/h2-12H,1H3,(H,24,28)(H,25,26,27). The Balaban J connectivity index is 1.67. The van der Waals surface area contributed by atoms with Gasteiger partial charge in [0.15, 0.2) is 5.82 Å². The summed E-state index contributed by atoms with van der Waals surface area (Å²) in [5.74, 6) is 1.38. The summed E-state index contributed by atoms with van der Waals surface area (Å²) < 4.78 is 0. The van der Waals surface area contributed by atoms with Crippen LogP contribution in [0.4, 0.5) is 11.5 Å². The molecule has 0 fully saturated rings. The van der Waals surface area contributed by atoms with Crippen LogP contribution in [0.5, 0.6) is 0 Å². The molecule has 0 aliphatic carbocycles. The molecule has 0 unspecified atom stereocenters. The van der Waals surface area contributed by atoms with Gasteiger partial charge in [0, 0.05) is 27.0 Å². The molecule has 0 bridgehead atoms. The Kier molecular flexibility index (Phi) is 3.95. The second kappa shape index (κ2) is 6.62. The first kappa shape index (κ1) is 16.7. The molecule has 0 saturated carbocycles. The highest BCUT2D eigenvalue weighted by Gasteiger charge is 2.11. The highest BCUT2D eigenvalue weighted by molar-refractivity contribution is 6.30. The number of aromatic amines is 1. The summed E-state index contributed by atoms with van der Waals surface area (Å²) in [5, 5.41) is 13.1. The minimum Gasteiger partial charge on any atom is -0.340 e. The Morgan fingerprint density at radius 2 is 1.89 bits per heavy atom. The quantitative estimate of drug-likeness (QED) is 0.407. The first-order valence-electron chi connectivity index (χ1n) is 8.90. The van der Waals surface area contributed by atoms with E-state index in [9.17, 15) is 0 Å². The number of halogens is 1. The lowest BCUT2D eigenvalue weighted by molar-refractivity contribution is 1.12. The van der Waals surface area contributed by atoms with Crippen molar-refractivity contribution in [3.05, 3.63) is 77.4 Å². The van der Waals surface area contributed by atoms with Crippen molar-refractivity contribution in [3.63, 3.8) is 0 Å². The maximum absolute atomic E-state index is 6.17. The van der Waals surface area contributed by atoms with E-state index in [1.807, 2.05) is 48.5 Å². The maximum Gasteiger partial charge on any atom is 0.162 e. The highest BCUT2D eigenvalue weighted by Crippen LogP contribution is 2.29. The van der Waals surface area contributed by atoms with E-state index in [1.54, 1.807) is 6.20 Å². The Morgan fingerprint density at radius 3 is 2.79 bits per heavy atom. The van der Waals surface area contributed by atoms with Gasteiger partial charge in [0.05, 0.1) is 17.2 Å². The van der Waals surface area contributed by atoms with Gasteiger partial charge in [-0.15, -0.1) is 0 Å². The van der Waals surface area contributed by atoms with Gasteiger partial charge in [0.25, 0.3) is 0 Å². The Morgan fingerprint density at radius 1 is 0.964 bits per heavy atom. The highest BCUT2D eigenvalue weighted by atomic mass is 35.5. The SMILES string of the molecule is Cc1ccc2c(Nc3ccc4[nH]ncc4c3)nc(-c3cccc(Cl)c3)nc2c1. The third-order valence-corrected chi connectivity index (χ3v) is 4.87. The first-order valence-corrected chi connectivity index (χ1v) is 9.28. The average Bonchev–Trinajstić information content (AvgIpc) is 3.15. The van der Waals surface area contributed by atoms with Crippen molar-refractivity contribution < 1.29 is 0 Å². The molecule has 6 heteroatoms. The van der Waals surface area contributed by atoms with Crippen LogP contribution in [0.3, 0.4) is 0 Å². The van der Waals surface area contributed by atoms with E-state index in [0.29, 0.717) is 10.8 Å². The molecule has 0 spiro atoms. The van der Waals surface area contributed by atoms with Crippen LogP contribution in [0.2, 0.25) is 5.02 Å². The molecule has 136 valence electrons. The minimum absolute atomic E-state index is 0.632. The van der Waals surface area contributed by atoms with Crippen LogP contribution >= 0.6 is 11.6 Å². The van der Waals surface area contributed by atoms with Gasteiger partial charge < -0.3 is 5.32 Å². The monoisotopic (exact) mass is 385 g/mol. The van der Waals surface area contributed by atoms with E-state index in [1.165, 1.54) is 0 Å². The van der Waals surface area contributed by atoms with Gasteiger partial charge >= 0.3 is 0 Å². The van der Waals surface area contributed by atoms with Crippen LogP contribution in [0.1, 0.15) is 5.56 Å². The van der Waals surface area contributed by atoms with Gasteiger partial charge in [0.1, 0.15) is 5.82 Å². The molecule has 3 aromatic carbocycles. The maximum atomic E-state index is 6.17. The number of H-pyrrole nitrogens is 1. The summed E-state index contributed by atoms with van der Waals surface area (Å²) >= 11 is 6.17. The third-order valence-electron chi connectivity index (χ3n) is 4.64. The zero-order chi connectivity index (χ0) is 19.1. The number of nitrogens with zero attached hydrogens (tertiary/aromatic N) is 3. The lowest BCUT2D eigenvalue weighted by atomic mass is 10.1. The van der Waals surface area contributed by atoms with Crippen molar-refractivity contribution in [2.45, 2.75) is 6.92 Å². The molecule has 2 N–H and O–H groups in total. The van der Waals surface area contributed by atoms with Crippen molar-refractivity contribution in [1.29, 1.82) is 0 Å². The lowest BCUT2D eigenvalue weighted by Gasteiger charge is -2.12. The number of fused-ring (bicyclic) bond motifs is 2. The molecule has 2 aromatic heterocycles. The molecule has 0 aliphatic rings. The molecule has 0 radical (unpaired) electrons. The fraction of sp³-hybridized carbons (Fsp3) is 0.0455. The normalized spacial score (nSPS) is 11.2. The number of anilines is 2. The molecule has 5 nitrogen and oxygen atoms in total. The number of nitrogens with one attached hydrogen (secondary N) is 2. The number of rotatable bonds is 3. The fourth-order valence-electron chi connectivity index (χ4n) is 3.25. The van der Waals surface area contributed by atoms with Gasteiger partial charge in [-0.25, -0.2) is 9.97 Å². The van der Waals surface area contributed by atoms with Crippen LogP contribution in [-0.4, -0.2) is 20.2 Å². The van der Waals surface area contributed by atoms with Crippen molar-refractivity contribution >= 4 is 44.9 Å². The van der Waals surface area contributed by atoms with Crippen molar-refractivity contribution in [2.75, 3.05) is 5.32 Å². The summed E-state index contributed by atoms with van der Waals surface area (Å²) in [6.07, 6.45) is 1.80. The topological polar surface area (TPSA) is 66.5 Å². The van der Waals surface area contributed by atoms with Gasteiger partial charge in [-0.2, -0.15) is 5.10 Å². The molecule has 5 aromatic rings. The predicted molar refractivity (Wildman–Crippen MR) is 114 cm³/mol. The van der Waals surface area contributed by atoms with Crippen molar-refractivity contribution in [1.82, 2.24) is 20.2 Å². The summed E-state index contributed by atoms with van der Waals surface area (Å²) in [5.41, 5.74) is 4.84. The fourth-order valence-corrected chi connectivity index (χ4v) is 3.44. The average molecular weight is 386 g/mol. The molecule has 0 atom stereocenters. The summed E-state index contributed by atoms with van der Waals surface area (Å²) in [6, 6.07) is 19.8. The molecule has 0 amide bonds. The number of aryl methyl sites for hydroxylation is 1. The number of hydrogen-bond donors (Lipinski definition) is 2. The van der Waals surface area contributed by atoms with Gasteiger partial charge in [-0.05, 0) is 55.0 Å². The zero-order valence-electron chi connectivity index (χ0n) is 15.1. The van der Waals surface area contributed by atoms with E-state index in [-0.39, 0.29) is 0 Å². The zero-order valence-corrected chi connectivity index (χ0v) is 15.8. The molecule has 5 rings (SSSR count). The van der Waals surface area contributed by atoms with Crippen molar-refractivity contribution in [2.24, 2.45) is 0 Å². The Bertz CT molecular complexity index is 1330. The van der Waals surface area contributed by atoms with Gasteiger partial charge in [0.2, 0.25) is 0 Å². The second-order valence-electron chi connectivity index (χ2n) is 6.72. The molecule has 0 saturated heterocycles. The van der Waals surface area contributed by atoms with E-state index >= 15 is 0 Å². The van der Waals surface area contributed by atoms with Crippen LogP contribution in [0.25, 0.3) is 33.2 Å². The van der Waals surface area contributed by atoms with E-state index in [4.69, 9.17) is 21.6 Å². The van der Waals surface area contributed by atoms with E-state index in [2.05, 4.69) is 34.6 Å². The minimum atomic E-state index is 0.632. The summed E-state index contributed by atoms with van der Waals surface area (Å²) in [6.45, 7) is 2.06. The van der Waals surface area contributed by atoms with Crippen LogP contribution in [0.15, 0.2) is 66.9 Å². The number of hydrogen-bond acceptors (Lipinski definition) is 4. The largest absolute Gasteiger partial charge is 0.340 e. The summed E-state index contributed by atoms with van der Waals surface area (Å²) in [7, 11) is 0. The van der Waals surface area contributed by atoms with Crippen molar-refractivity contribution in [3.8, 4) is 11.4 Å². The number of benzene rings is 3. The van der Waals surface area contributed by atoms with Crippen LogP contribution in [-0.2, 0) is 0 Å².